The molecule has 0 atom stereocenters. The Kier molecular flexibility index (Phi) is 1.38. The summed E-state index contributed by atoms with van der Waals surface area (Å²) in [7, 11) is 0. The van der Waals surface area contributed by atoms with Crippen LogP contribution in [0.15, 0.2) is 18.2 Å². The number of nitrogens with one attached hydrogen (secondary N) is 1. The summed E-state index contributed by atoms with van der Waals surface area (Å²) in [4.78, 5) is 0. The van der Waals surface area contributed by atoms with Gasteiger partial charge in [0.25, 0.3) is 0 Å². The minimum atomic E-state index is 0.757. The maximum Gasteiger partial charge on any atom is 0.0991 e. The Bertz CT molecular complexity index is 323. The molecule has 2 heteroatoms. The fourth-order valence-electron chi connectivity index (χ4n) is 1.36. The molecule has 54 valence electrons. The van der Waals surface area contributed by atoms with Crippen molar-refractivity contribution in [3.8, 4) is 6.07 Å². The van der Waals surface area contributed by atoms with Crippen molar-refractivity contribution in [3.05, 3.63) is 34.9 Å². The fourth-order valence-corrected chi connectivity index (χ4v) is 1.36. The second-order valence-electron chi connectivity index (χ2n) is 2.70. The monoisotopic (exact) mass is 144 g/mol. The number of nitrogens with zero attached hydrogens (tertiary/aromatic N) is 1. The third-order valence-electron chi connectivity index (χ3n) is 1.97. The number of hydrogen-bond donors (Lipinski definition) is 1. The average molecular weight is 144 g/mol. The molecule has 0 radical (unpaired) electrons. The van der Waals surface area contributed by atoms with Crippen molar-refractivity contribution < 1.29 is 0 Å². The largest absolute Gasteiger partial charge is 0.309 e. The summed E-state index contributed by atoms with van der Waals surface area (Å²) >= 11 is 0. The normalized spacial score (nSPS) is 14.1. The first-order valence-electron chi connectivity index (χ1n) is 3.63. The molecule has 1 aromatic carbocycles. The van der Waals surface area contributed by atoms with Crippen molar-refractivity contribution in [1.82, 2.24) is 5.32 Å². The predicted molar refractivity (Wildman–Crippen MR) is 41.7 cm³/mol. The third kappa shape index (κ3) is 0.997. The highest BCUT2D eigenvalue weighted by atomic mass is 14.9. The standard InChI is InChI=1S/C9H8N2/c10-4-7-1-2-8-5-11-6-9(8)3-7/h1-3,11H,5-6H2. The molecule has 0 aromatic heterocycles. The van der Waals surface area contributed by atoms with E-state index in [1.54, 1.807) is 0 Å². The summed E-state index contributed by atoms with van der Waals surface area (Å²) in [5, 5.41) is 11.8. The maximum absolute atomic E-state index is 8.60. The van der Waals surface area contributed by atoms with Crippen molar-refractivity contribution in [3.63, 3.8) is 0 Å². The second-order valence-corrected chi connectivity index (χ2v) is 2.70. The first-order chi connectivity index (χ1) is 5.40. The molecule has 0 fully saturated rings. The summed E-state index contributed by atoms with van der Waals surface area (Å²) < 4.78 is 0. The first-order valence-corrected chi connectivity index (χ1v) is 3.63. The Balaban J connectivity index is 2.51. The Morgan fingerprint density at radius 2 is 2.09 bits per heavy atom. The van der Waals surface area contributed by atoms with Crippen LogP contribution in [0.3, 0.4) is 0 Å². The number of rotatable bonds is 0. The van der Waals surface area contributed by atoms with Crippen LogP contribution in [0.4, 0.5) is 0 Å². The molecule has 1 aromatic rings. The Morgan fingerprint density at radius 3 is 2.91 bits per heavy atom. The van der Waals surface area contributed by atoms with E-state index in [0.717, 1.165) is 18.7 Å². The van der Waals surface area contributed by atoms with Crippen LogP contribution in [0.2, 0.25) is 0 Å². The first kappa shape index (κ1) is 6.38. The number of fused-ring (bicyclic) bond motifs is 1. The van der Waals surface area contributed by atoms with Crippen molar-refractivity contribution in [2.24, 2.45) is 0 Å². The van der Waals surface area contributed by atoms with Crippen LogP contribution in [0.1, 0.15) is 16.7 Å². The van der Waals surface area contributed by atoms with Gasteiger partial charge in [-0.1, -0.05) is 6.07 Å². The quantitative estimate of drug-likeness (QED) is 0.593. The van der Waals surface area contributed by atoms with Gasteiger partial charge in [0.15, 0.2) is 0 Å². The van der Waals surface area contributed by atoms with Crippen LogP contribution >= 0.6 is 0 Å². The van der Waals surface area contributed by atoms with E-state index in [0.29, 0.717) is 0 Å². The highest BCUT2D eigenvalue weighted by molar-refractivity contribution is 5.39. The van der Waals surface area contributed by atoms with Crippen molar-refractivity contribution in [2.75, 3.05) is 0 Å². The lowest BCUT2D eigenvalue weighted by molar-refractivity contribution is 0.765. The maximum atomic E-state index is 8.60. The lowest BCUT2D eigenvalue weighted by atomic mass is 10.1. The van der Waals surface area contributed by atoms with Crippen LogP contribution in [0.5, 0.6) is 0 Å². The molecule has 1 aliphatic rings. The molecule has 1 aliphatic heterocycles. The Labute approximate surface area is 65.5 Å². The van der Waals surface area contributed by atoms with E-state index in [1.165, 1.54) is 11.1 Å². The van der Waals surface area contributed by atoms with Crippen LogP contribution < -0.4 is 5.32 Å². The van der Waals surface area contributed by atoms with E-state index in [1.807, 2.05) is 18.2 Å². The predicted octanol–water partition coefficient (Wildman–Crippen LogP) is 1.16. The summed E-state index contributed by atoms with van der Waals surface area (Å²) in [5.74, 6) is 0. The van der Waals surface area contributed by atoms with E-state index in [9.17, 15) is 0 Å². The second kappa shape index (κ2) is 2.37. The van der Waals surface area contributed by atoms with E-state index >= 15 is 0 Å². The van der Waals surface area contributed by atoms with Gasteiger partial charge in [-0.2, -0.15) is 5.26 Å². The summed E-state index contributed by atoms with van der Waals surface area (Å²) in [6.45, 7) is 1.85. The fraction of sp³-hybridized carbons (Fsp3) is 0.222. The van der Waals surface area contributed by atoms with Gasteiger partial charge in [-0.25, -0.2) is 0 Å². The Hall–Kier alpha value is -1.33. The highest BCUT2D eigenvalue weighted by Crippen LogP contribution is 2.16. The molecule has 0 unspecified atom stereocenters. The van der Waals surface area contributed by atoms with Crippen molar-refractivity contribution >= 4 is 0 Å². The zero-order valence-electron chi connectivity index (χ0n) is 6.09. The Morgan fingerprint density at radius 1 is 1.27 bits per heavy atom. The lowest BCUT2D eigenvalue weighted by Crippen LogP contribution is -1.99. The minimum Gasteiger partial charge on any atom is -0.309 e. The molecule has 2 rings (SSSR count). The molecule has 0 saturated heterocycles. The molecule has 0 amide bonds. The minimum absolute atomic E-state index is 0.757. The van der Waals surface area contributed by atoms with Crippen molar-refractivity contribution in [1.29, 1.82) is 5.26 Å². The van der Waals surface area contributed by atoms with Crippen LogP contribution in [-0.2, 0) is 13.1 Å². The van der Waals surface area contributed by atoms with Gasteiger partial charge in [0, 0.05) is 13.1 Å². The van der Waals surface area contributed by atoms with Gasteiger partial charge in [0.2, 0.25) is 0 Å². The molecular weight excluding hydrogens is 136 g/mol. The van der Waals surface area contributed by atoms with Gasteiger partial charge in [-0.15, -0.1) is 0 Å². The van der Waals surface area contributed by atoms with E-state index in [4.69, 9.17) is 5.26 Å². The topological polar surface area (TPSA) is 35.8 Å². The van der Waals surface area contributed by atoms with E-state index < -0.39 is 0 Å². The molecule has 1 heterocycles. The van der Waals surface area contributed by atoms with Gasteiger partial charge in [-0.3, -0.25) is 0 Å². The highest BCUT2D eigenvalue weighted by Gasteiger charge is 2.08. The van der Waals surface area contributed by atoms with Crippen LogP contribution in [0.25, 0.3) is 0 Å². The molecular formula is C9H8N2. The van der Waals surface area contributed by atoms with Gasteiger partial charge in [0.1, 0.15) is 0 Å². The average Bonchev–Trinajstić information content (AvgIpc) is 2.50. The zero-order valence-corrected chi connectivity index (χ0v) is 6.09. The van der Waals surface area contributed by atoms with Gasteiger partial charge in [0.05, 0.1) is 11.6 Å². The number of benzene rings is 1. The van der Waals surface area contributed by atoms with Crippen LogP contribution in [-0.4, -0.2) is 0 Å². The summed E-state index contributed by atoms with van der Waals surface area (Å²) in [6.07, 6.45) is 0. The summed E-state index contributed by atoms with van der Waals surface area (Å²) in [5.41, 5.74) is 3.35. The van der Waals surface area contributed by atoms with Gasteiger partial charge >= 0.3 is 0 Å². The number of hydrogen-bond acceptors (Lipinski definition) is 2. The molecule has 0 bridgehead atoms. The lowest BCUT2D eigenvalue weighted by Gasteiger charge is -1.95. The molecule has 1 N–H and O–H groups in total. The van der Waals surface area contributed by atoms with E-state index in [2.05, 4.69) is 11.4 Å². The molecule has 0 saturated carbocycles. The number of nitriles is 1. The molecule has 0 aliphatic carbocycles. The molecule has 11 heavy (non-hydrogen) atoms. The van der Waals surface area contributed by atoms with Crippen LogP contribution in [0, 0.1) is 11.3 Å². The van der Waals surface area contributed by atoms with Gasteiger partial charge < -0.3 is 5.32 Å². The third-order valence-corrected chi connectivity index (χ3v) is 1.97. The molecule has 0 spiro atoms. The summed E-state index contributed by atoms with van der Waals surface area (Å²) in [6, 6.07) is 7.97. The molecule has 2 nitrogen and oxygen atoms in total. The smallest absolute Gasteiger partial charge is 0.0991 e. The zero-order chi connectivity index (χ0) is 7.68. The SMILES string of the molecule is N#Cc1ccc2c(c1)CNC2. The van der Waals surface area contributed by atoms with Gasteiger partial charge in [-0.05, 0) is 23.3 Å². The van der Waals surface area contributed by atoms with Crippen molar-refractivity contribution in [2.45, 2.75) is 13.1 Å². The van der Waals surface area contributed by atoms with E-state index in [-0.39, 0.29) is 0 Å².